The summed E-state index contributed by atoms with van der Waals surface area (Å²) in [5.74, 6) is -9.66. The first-order valence-electron chi connectivity index (χ1n) is 29.2. The summed E-state index contributed by atoms with van der Waals surface area (Å²) in [6.07, 6.45) is 4.53. The number of hydrogen-bond donors (Lipinski definition) is 19. The number of nitrogens with two attached hydrogens (primary N) is 14. The van der Waals surface area contributed by atoms with E-state index in [2.05, 4.69) is 14.2 Å². The van der Waals surface area contributed by atoms with Gasteiger partial charge in [-0.05, 0) is 107 Å². The third kappa shape index (κ3) is 48.5. The average molecular weight is 1330 g/mol. The van der Waals surface area contributed by atoms with Crippen molar-refractivity contribution >= 4 is 71.6 Å². The minimum atomic E-state index is -1.30. The molecule has 13 atom stereocenters. The van der Waals surface area contributed by atoms with Gasteiger partial charge in [-0.3, -0.25) is 33.6 Å². The van der Waals surface area contributed by atoms with Gasteiger partial charge in [0, 0.05) is 6.42 Å². The first-order chi connectivity index (χ1) is 42.5. The lowest BCUT2D eigenvalue weighted by atomic mass is 10.0. The standard InChI is InChI=1S/C15H23N3O4.C13H26N4O5.C11H22N2O3.C8H15N3O5.C6H13NO2.C3H7NO3/c16-8-2-1-3-12(17)15(21)22-11-6-4-10(5-7-11)9-13(18)14(19)20;1-7(15)11(18)22-13(20)10(17)8(2)21-12(19)9(16)5-3-4-6-14;1-6(2)5-8(12)10(14)16-11(15)9(13)7(3)4;9-4(1-2-6(11)12)8(15)16-3-5(10)7(13)14;1-3-4(2)5(7)6(8)9;4-2(1-5)3(6)7/h4-7,12-13H,1-3,8-9,16-18H2,(H,19,20);7-10H,3-6,14-17H2,1-2H3;6-9H,5,12-13H2,1-4H3;4-5H,1-3,9-10H2,(H2,11,12)(H,13,14);4-5H,3,7H2,1-2H3,(H,8,9);2,5H,1,4H2,(H,6,7)/t12-,13-;7-,8+,9-,10-;8-,9-;2*4-,5-;2-/m000000/s1. The molecule has 0 radical (unpaired) electrons. The molecule has 0 heterocycles. The number of rotatable bonds is 35. The number of esters is 7. The Morgan fingerprint density at radius 2 is 0.924 bits per heavy atom. The van der Waals surface area contributed by atoms with E-state index in [0.717, 1.165) is 31.2 Å². The van der Waals surface area contributed by atoms with Gasteiger partial charge in [0.2, 0.25) is 5.91 Å². The van der Waals surface area contributed by atoms with Crippen LogP contribution in [0.2, 0.25) is 0 Å². The third-order valence-electron chi connectivity index (χ3n) is 12.1. The summed E-state index contributed by atoms with van der Waals surface area (Å²) in [6, 6.07) is -3.83. The first-order valence-corrected chi connectivity index (χ1v) is 29.2. The van der Waals surface area contributed by atoms with Crippen LogP contribution in [0.15, 0.2) is 24.3 Å². The Balaban J connectivity index is -0.000000341. The normalized spacial score (nSPS) is 14.8. The van der Waals surface area contributed by atoms with Crippen LogP contribution in [0.5, 0.6) is 5.75 Å². The molecule has 36 nitrogen and oxygen atoms in total. The number of ether oxygens (including phenoxy) is 5. The van der Waals surface area contributed by atoms with Crippen LogP contribution in [0, 0.1) is 17.8 Å². The van der Waals surface area contributed by atoms with Crippen LogP contribution in [-0.2, 0) is 82.9 Å². The van der Waals surface area contributed by atoms with Crippen molar-refractivity contribution < 1.29 is 107 Å². The van der Waals surface area contributed by atoms with Gasteiger partial charge in [0.15, 0.2) is 0 Å². The number of carboxylic acids is 4. The zero-order chi connectivity index (χ0) is 72.7. The Kier molecular flexibility index (Phi) is 54.1. The fourth-order valence-corrected chi connectivity index (χ4v) is 5.74. The van der Waals surface area contributed by atoms with E-state index in [-0.39, 0.29) is 37.0 Å². The predicted molar refractivity (Wildman–Crippen MR) is 334 cm³/mol. The van der Waals surface area contributed by atoms with E-state index in [1.807, 2.05) is 27.7 Å². The lowest BCUT2D eigenvalue weighted by Gasteiger charge is -2.21. The first kappa shape index (κ1) is 93.4. The Bertz CT molecular complexity index is 2360. The van der Waals surface area contributed by atoms with E-state index in [0.29, 0.717) is 44.5 Å². The van der Waals surface area contributed by atoms with Crippen LogP contribution in [0.25, 0.3) is 0 Å². The molecule has 36 heteroatoms. The van der Waals surface area contributed by atoms with E-state index in [1.54, 1.807) is 38.1 Å². The van der Waals surface area contributed by atoms with Crippen LogP contribution in [0.3, 0.4) is 0 Å². The topological polar surface area (TPSA) is 716 Å². The highest BCUT2D eigenvalue weighted by molar-refractivity contribution is 5.91. The summed E-state index contributed by atoms with van der Waals surface area (Å²) in [7, 11) is 0. The number of carbonyl (C=O) groups is 12. The molecule has 0 aliphatic carbocycles. The number of aliphatic carboxylic acids is 4. The quantitative estimate of drug-likeness (QED) is 0.00994. The van der Waals surface area contributed by atoms with Crippen molar-refractivity contribution in [2.75, 3.05) is 26.3 Å². The lowest BCUT2D eigenvalue weighted by Crippen LogP contribution is -2.47. The number of benzene rings is 1. The maximum absolute atomic E-state index is 11.8. The number of amides is 1. The fraction of sp³-hybridized carbons (Fsp3) is 0.679. The summed E-state index contributed by atoms with van der Waals surface area (Å²) in [6.45, 7) is 14.1. The van der Waals surface area contributed by atoms with Crippen molar-refractivity contribution in [2.45, 2.75) is 199 Å². The molecule has 0 spiro atoms. The highest BCUT2D eigenvalue weighted by Crippen LogP contribution is 2.15. The second kappa shape index (κ2) is 53.2. The monoisotopic (exact) mass is 1330 g/mol. The highest BCUT2D eigenvalue weighted by atomic mass is 16.6. The van der Waals surface area contributed by atoms with Gasteiger partial charge in [-0.2, -0.15) is 0 Å². The van der Waals surface area contributed by atoms with E-state index in [1.165, 1.54) is 13.8 Å². The Morgan fingerprint density at radius 3 is 1.29 bits per heavy atom. The Labute approximate surface area is 535 Å². The van der Waals surface area contributed by atoms with Gasteiger partial charge in [0.05, 0.1) is 6.61 Å². The highest BCUT2D eigenvalue weighted by Gasteiger charge is 2.30. The number of carbonyl (C=O) groups excluding carboxylic acids is 8. The van der Waals surface area contributed by atoms with E-state index >= 15 is 0 Å². The minimum Gasteiger partial charge on any atom is -0.480 e. The fourth-order valence-electron chi connectivity index (χ4n) is 5.74. The van der Waals surface area contributed by atoms with Crippen LogP contribution in [0.4, 0.5) is 0 Å². The minimum absolute atomic E-state index is 0.0404. The van der Waals surface area contributed by atoms with Crippen LogP contribution < -0.4 is 85.0 Å². The molecule has 532 valence electrons. The largest absolute Gasteiger partial charge is 0.480 e. The molecule has 0 aliphatic heterocycles. The SMILES string of the molecule is CC(C)C[C@H](N)C(=O)OC(=O)[C@@H](N)C(C)C.CC[C@H](C)[C@H](N)C(=O)O.C[C@H](N)C(=O)OC(=O)[C@@H](N)[C@@H](C)OC(=O)[C@@H](N)CCCCN.NC(=O)CC[C@H](N)C(=O)OC[C@H](N)C(=O)O.NCCCC[C@H](N)C(=O)Oc1ccc(C[C@H](N)C(=O)O)cc1.N[C@@H](CO)C(=O)O. The molecule has 92 heavy (non-hydrogen) atoms. The number of hydrogen-bond acceptors (Lipinski definition) is 31. The summed E-state index contributed by atoms with van der Waals surface area (Å²) in [4.78, 5) is 131. The maximum Gasteiger partial charge on any atom is 0.334 e. The Morgan fingerprint density at radius 1 is 0.478 bits per heavy atom. The van der Waals surface area contributed by atoms with Gasteiger partial charge >= 0.3 is 65.7 Å². The molecular weight excluding hydrogens is 1220 g/mol. The van der Waals surface area contributed by atoms with E-state index in [4.69, 9.17) is 115 Å². The van der Waals surface area contributed by atoms with Gasteiger partial charge in [0.1, 0.15) is 84.9 Å². The van der Waals surface area contributed by atoms with Gasteiger partial charge in [0.25, 0.3) is 0 Å². The Hall–Kier alpha value is -7.30. The van der Waals surface area contributed by atoms with Gasteiger partial charge in [-0.25, -0.2) is 24.0 Å². The summed E-state index contributed by atoms with van der Waals surface area (Å²) >= 11 is 0. The second-order valence-electron chi connectivity index (χ2n) is 21.5. The van der Waals surface area contributed by atoms with Crippen molar-refractivity contribution in [3.05, 3.63) is 29.8 Å². The molecule has 0 saturated heterocycles. The van der Waals surface area contributed by atoms with Crippen molar-refractivity contribution in [1.82, 2.24) is 0 Å². The van der Waals surface area contributed by atoms with Gasteiger partial charge in [-0.15, -0.1) is 0 Å². The molecule has 1 rings (SSSR count). The molecule has 1 aromatic carbocycles. The molecule has 33 N–H and O–H groups in total. The van der Waals surface area contributed by atoms with E-state index in [9.17, 15) is 57.5 Å². The van der Waals surface area contributed by atoms with E-state index < -0.39 is 157 Å². The predicted octanol–water partition coefficient (Wildman–Crippen LogP) is -5.10. The molecule has 0 aromatic heterocycles. The van der Waals surface area contributed by atoms with Crippen LogP contribution >= 0.6 is 0 Å². The number of carboxylic acid groups (broad SMARTS) is 4. The zero-order valence-corrected chi connectivity index (χ0v) is 53.8. The molecule has 0 fully saturated rings. The van der Waals surface area contributed by atoms with Crippen molar-refractivity contribution in [2.24, 2.45) is 98.0 Å². The third-order valence-corrected chi connectivity index (χ3v) is 12.1. The molecule has 0 saturated carbocycles. The number of aliphatic hydroxyl groups excluding tert-OH is 1. The second-order valence-corrected chi connectivity index (χ2v) is 21.5. The molecule has 1 aromatic rings. The van der Waals surface area contributed by atoms with Gasteiger partial charge in [-0.1, -0.05) is 72.9 Å². The number of aliphatic hydroxyl groups is 1. The van der Waals surface area contributed by atoms with Crippen molar-refractivity contribution in [3.8, 4) is 5.75 Å². The summed E-state index contributed by atoms with van der Waals surface area (Å²) in [5, 5.41) is 41.4. The van der Waals surface area contributed by atoms with Crippen LogP contribution in [-0.4, -0.2) is 196 Å². The lowest BCUT2D eigenvalue weighted by molar-refractivity contribution is -0.166. The van der Waals surface area contributed by atoms with Crippen molar-refractivity contribution in [3.63, 3.8) is 0 Å². The maximum atomic E-state index is 11.8. The van der Waals surface area contributed by atoms with Crippen LogP contribution in [0.1, 0.15) is 125 Å². The smallest absolute Gasteiger partial charge is 0.334 e. The zero-order valence-electron chi connectivity index (χ0n) is 53.8. The summed E-state index contributed by atoms with van der Waals surface area (Å²) < 4.78 is 23.8. The molecule has 0 aliphatic rings. The number of unbranched alkanes of at least 4 members (excludes halogenated alkanes) is 2. The molecule has 1 amide bonds. The number of primary amides is 1. The molecule has 0 unspecified atom stereocenters. The van der Waals surface area contributed by atoms with Gasteiger partial charge < -0.3 is 129 Å². The average Bonchev–Trinajstić information content (AvgIpc) is 1.70. The van der Waals surface area contributed by atoms with Crippen molar-refractivity contribution in [1.29, 1.82) is 0 Å². The molecule has 0 bridgehead atoms. The molecular formula is C56H106N14O22. The summed E-state index contributed by atoms with van der Waals surface area (Å²) in [5.41, 5.74) is 75.6.